The highest BCUT2D eigenvalue weighted by atomic mass is 16.3. The second kappa shape index (κ2) is 17.2. The maximum atomic E-state index is 7.08. The molecule has 3 heterocycles. The predicted molar refractivity (Wildman–Crippen MR) is 304 cm³/mol. The minimum Gasteiger partial charge on any atom is -0.456 e. The van der Waals surface area contributed by atoms with Gasteiger partial charge in [-0.05, 0) is 143 Å². The summed E-state index contributed by atoms with van der Waals surface area (Å²) in [5, 5.41) is 11.5. The van der Waals surface area contributed by atoms with Gasteiger partial charge in [0, 0.05) is 55.1 Å². The van der Waals surface area contributed by atoms with E-state index < -0.39 is 0 Å². The first-order valence-corrected chi connectivity index (χ1v) is 26.6. The fraction of sp³-hybridized carbons (Fsp3) is 0.176. The number of hydrogen-bond donors (Lipinski definition) is 0. The zero-order valence-electron chi connectivity index (χ0n) is 40.8. The van der Waals surface area contributed by atoms with E-state index >= 15 is 0 Å². The molecule has 0 amide bonds. The molecule has 5 heteroatoms. The molecule has 73 heavy (non-hydrogen) atoms. The number of nitrogens with zero attached hydrogens (tertiary/aromatic N) is 2. The van der Waals surface area contributed by atoms with Crippen molar-refractivity contribution in [3.63, 3.8) is 0 Å². The van der Waals surface area contributed by atoms with Gasteiger partial charge >= 0.3 is 0 Å². The van der Waals surface area contributed by atoms with Crippen LogP contribution in [-0.4, -0.2) is 0 Å². The minimum atomic E-state index is 0.537. The van der Waals surface area contributed by atoms with Crippen molar-refractivity contribution in [2.75, 3.05) is 9.80 Å². The number of benzene rings is 10. The molecular weight excluding hydrogens is 893 g/mol. The van der Waals surface area contributed by atoms with Crippen molar-refractivity contribution in [2.45, 2.75) is 76.0 Å². The molecular formula is C68H54N2O3. The van der Waals surface area contributed by atoms with E-state index in [4.69, 9.17) is 13.3 Å². The second-order valence-electron chi connectivity index (χ2n) is 20.8. The Hall–Kier alpha value is -8.28. The lowest BCUT2D eigenvalue weighted by Gasteiger charge is -2.26. The van der Waals surface area contributed by atoms with Gasteiger partial charge in [-0.25, -0.2) is 0 Å². The van der Waals surface area contributed by atoms with E-state index in [0.717, 1.165) is 111 Å². The van der Waals surface area contributed by atoms with Gasteiger partial charge in [-0.3, -0.25) is 0 Å². The van der Waals surface area contributed by atoms with Crippen molar-refractivity contribution >= 4 is 121 Å². The van der Waals surface area contributed by atoms with Crippen molar-refractivity contribution in [1.82, 2.24) is 0 Å². The molecule has 0 spiro atoms. The summed E-state index contributed by atoms with van der Waals surface area (Å²) in [7, 11) is 0. The molecule has 0 N–H and O–H groups in total. The predicted octanol–water partition coefficient (Wildman–Crippen LogP) is 20.7. The van der Waals surface area contributed by atoms with Gasteiger partial charge in [-0.2, -0.15) is 0 Å². The first kappa shape index (κ1) is 42.4. The van der Waals surface area contributed by atoms with Gasteiger partial charge < -0.3 is 23.1 Å². The number of hydrogen-bond acceptors (Lipinski definition) is 5. The van der Waals surface area contributed by atoms with Crippen LogP contribution in [0.15, 0.2) is 207 Å². The summed E-state index contributed by atoms with van der Waals surface area (Å²) >= 11 is 0. The highest BCUT2D eigenvalue weighted by Gasteiger charge is 2.27. The molecule has 0 radical (unpaired) electrons. The molecule has 0 bridgehead atoms. The maximum absolute atomic E-state index is 7.08. The van der Waals surface area contributed by atoms with Crippen molar-refractivity contribution in [1.29, 1.82) is 0 Å². The topological polar surface area (TPSA) is 45.9 Å². The lowest BCUT2D eigenvalue weighted by atomic mass is 9.83. The maximum Gasteiger partial charge on any atom is 0.159 e. The van der Waals surface area contributed by atoms with Gasteiger partial charge in [0.15, 0.2) is 11.2 Å². The van der Waals surface area contributed by atoms with E-state index in [1.54, 1.807) is 0 Å². The Bertz CT molecular complexity index is 3970. The van der Waals surface area contributed by atoms with E-state index in [9.17, 15) is 0 Å². The standard InChI is InChI=1S/C68H54N2O3/c1-5-17-43(18-6-1)53-25-13-27-55-57-29-15-31-59(67(57)72-65(53)55)69(47-21-9-3-10-22-47)49-35-37-51-45(41-49)33-39-61-63(51)64-52-38-36-50(42-46(52)34-40-62(64)71-61)70(48-23-11-4-12-24-48)60-32-16-30-58-56-28-14-26-54(66(56)73-68(58)60)44-19-7-2-8-20-44/h3-4,9-16,21-44H,1-2,5-8,17-20H2. The molecule has 10 aromatic carbocycles. The number of anilines is 6. The average molecular weight is 947 g/mol. The highest BCUT2D eigenvalue weighted by molar-refractivity contribution is 6.27. The Kier molecular flexibility index (Phi) is 9.99. The Morgan fingerprint density at radius 2 is 0.712 bits per heavy atom. The number of fused-ring (bicyclic) bond motifs is 13. The van der Waals surface area contributed by atoms with Crippen LogP contribution in [-0.2, 0) is 0 Å². The number of para-hydroxylation sites is 6. The molecule has 2 aliphatic rings. The van der Waals surface area contributed by atoms with Crippen LogP contribution in [0.1, 0.15) is 87.2 Å². The lowest BCUT2D eigenvalue weighted by Crippen LogP contribution is -2.10. The highest BCUT2D eigenvalue weighted by Crippen LogP contribution is 2.49. The van der Waals surface area contributed by atoms with E-state index in [1.165, 1.54) is 86.1 Å². The van der Waals surface area contributed by atoms with Crippen LogP contribution in [0, 0.1) is 0 Å². The van der Waals surface area contributed by atoms with Crippen LogP contribution >= 0.6 is 0 Å². The summed E-state index contributed by atoms with van der Waals surface area (Å²) in [4.78, 5) is 4.72. The monoisotopic (exact) mass is 946 g/mol. The molecule has 0 saturated heterocycles. The van der Waals surface area contributed by atoms with Gasteiger partial charge in [-0.1, -0.05) is 160 Å². The van der Waals surface area contributed by atoms with Crippen molar-refractivity contribution in [3.8, 4) is 0 Å². The van der Waals surface area contributed by atoms with Gasteiger partial charge in [0.2, 0.25) is 0 Å². The molecule has 0 unspecified atom stereocenters. The molecule has 5 nitrogen and oxygen atoms in total. The van der Waals surface area contributed by atoms with Crippen LogP contribution in [0.25, 0.3) is 87.4 Å². The third kappa shape index (κ3) is 6.89. The normalized spacial score (nSPS) is 15.0. The van der Waals surface area contributed by atoms with Crippen LogP contribution in [0.3, 0.4) is 0 Å². The Labute approximate surface area is 423 Å². The Morgan fingerprint density at radius 3 is 1.15 bits per heavy atom. The summed E-state index contributed by atoms with van der Waals surface area (Å²) in [5.41, 5.74) is 14.7. The van der Waals surface area contributed by atoms with Gasteiger partial charge in [0.05, 0.1) is 11.4 Å². The molecule has 354 valence electrons. The summed E-state index contributed by atoms with van der Waals surface area (Å²) < 4.78 is 20.9. The van der Waals surface area contributed by atoms with Gasteiger partial charge in [-0.15, -0.1) is 0 Å². The first-order valence-electron chi connectivity index (χ1n) is 26.6. The van der Waals surface area contributed by atoms with E-state index in [-0.39, 0.29) is 0 Å². The van der Waals surface area contributed by atoms with Crippen molar-refractivity contribution < 1.29 is 13.3 Å². The Balaban J connectivity index is 0.865. The van der Waals surface area contributed by atoms with E-state index in [0.29, 0.717) is 11.8 Å². The first-order chi connectivity index (χ1) is 36.2. The van der Waals surface area contributed by atoms with Crippen LogP contribution < -0.4 is 9.80 Å². The van der Waals surface area contributed by atoms with Crippen LogP contribution in [0.4, 0.5) is 34.1 Å². The Morgan fingerprint density at radius 1 is 0.301 bits per heavy atom. The average Bonchev–Trinajstić information content (AvgIpc) is 4.17. The van der Waals surface area contributed by atoms with Gasteiger partial charge in [0.1, 0.15) is 22.3 Å². The third-order valence-electron chi connectivity index (χ3n) is 16.6. The smallest absolute Gasteiger partial charge is 0.159 e. The molecule has 2 saturated carbocycles. The summed E-state index contributed by atoms with van der Waals surface area (Å²) in [5.74, 6) is 1.07. The molecule has 15 rings (SSSR count). The van der Waals surface area contributed by atoms with Crippen molar-refractivity contribution in [3.05, 3.63) is 205 Å². The molecule has 2 fully saturated rings. The fourth-order valence-electron chi connectivity index (χ4n) is 13.2. The largest absolute Gasteiger partial charge is 0.456 e. The summed E-state index contributed by atoms with van der Waals surface area (Å²) in [6.45, 7) is 0. The quantitative estimate of drug-likeness (QED) is 0.152. The lowest BCUT2D eigenvalue weighted by molar-refractivity contribution is 0.442. The van der Waals surface area contributed by atoms with E-state index in [1.807, 2.05) is 0 Å². The molecule has 0 aliphatic heterocycles. The summed E-state index contributed by atoms with van der Waals surface area (Å²) in [6, 6.07) is 70.6. The van der Waals surface area contributed by atoms with Gasteiger partial charge in [0.25, 0.3) is 0 Å². The van der Waals surface area contributed by atoms with Crippen LogP contribution in [0.5, 0.6) is 0 Å². The fourth-order valence-corrected chi connectivity index (χ4v) is 13.2. The molecule has 13 aromatic rings. The zero-order chi connectivity index (χ0) is 48.0. The summed E-state index contributed by atoms with van der Waals surface area (Å²) in [6.07, 6.45) is 12.7. The number of furan rings is 3. The van der Waals surface area contributed by atoms with Crippen LogP contribution in [0.2, 0.25) is 0 Å². The SMILES string of the molecule is c1ccc(N(c2ccc3c(ccc4oc5ccc6cc(N(c7ccccc7)c7cccc8c7oc7c(C9CCCCC9)cccc78)ccc6c5c43)c2)c2cccc3c2oc2c(C4CCCCC4)cccc23)cc1. The zero-order valence-corrected chi connectivity index (χ0v) is 40.8. The number of rotatable bonds is 8. The molecule has 3 aromatic heterocycles. The molecule has 0 atom stereocenters. The second-order valence-corrected chi connectivity index (χ2v) is 20.8. The third-order valence-corrected chi connectivity index (χ3v) is 16.6. The molecule has 2 aliphatic carbocycles. The van der Waals surface area contributed by atoms with Crippen molar-refractivity contribution in [2.24, 2.45) is 0 Å². The minimum absolute atomic E-state index is 0.537. The van der Waals surface area contributed by atoms with E-state index in [2.05, 4.69) is 204 Å².